The van der Waals surface area contributed by atoms with Gasteiger partial charge in [0.05, 0.1) is 36.2 Å². The van der Waals surface area contributed by atoms with Crippen molar-refractivity contribution in [3.8, 4) is 5.75 Å². The smallest absolute Gasteiger partial charge is 0.273 e. The molecule has 1 aliphatic heterocycles. The van der Waals surface area contributed by atoms with Crippen LogP contribution in [0.25, 0.3) is 10.9 Å². The van der Waals surface area contributed by atoms with Gasteiger partial charge in [-0.15, -0.1) is 0 Å². The summed E-state index contributed by atoms with van der Waals surface area (Å²) in [5.41, 5.74) is 3.40. The molecule has 1 saturated heterocycles. The molecule has 0 aliphatic carbocycles. The Morgan fingerprint density at radius 3 is 2.81 bits per heavy atom. The second kappa shape index (κ2) is 8.19. The summed E-state index contributed by atoms with van der Waals surface area (Å²) in [6.07, 6.45) is 2.68. The van der Waals surface area contributed by atoms with Crippen LogP contribution in [0.3, 0.4) is 0 Å². The summed E-state index contributed by atoms with van der Waals surface area (Å²) in [5, 5.41) is 15.3. The highest BCUT2D eigenvalue weighted by atomic mass is 16.6. The fourth-order valence-corrected chi connectivity index (χ4v) is 3.89. The van der Waals surface area contributed by atoms with E-state index in [9.17, 15) is 19.7 Å². The third kappa shape index (κ3) is 3.87. The molecule has 3 aromatic rings. The number of nitrogens with one attached hydrogen (secondary N) is 2. The van der Waals surface area contributed by atoms with Gasteiger partial charge in [0, 0.05) is 29.7 Å². The van der Waals surface area contributed by atoms with Crippen LogP contribution in [0, 0.1) is 17.0 Å². The lowest BCUT2D eigenvalue weighted by Crippen LogP contribution is -2.39. The van der Waals surface area contributed by atoms with Crippen molar-refractivity contribution in [3.05, 3.63) is 63.8 Å². The molecule has 9 heteroatoms. The van der Waals surface area contributed by atoms with E-state index in [4.69, 9.17) is 4.74 Å². The number of nitro groups is 1. The number of fused-ring (bicyclic) bond motifs is 1. The summed E-state index contributed by atoms with van der Waals surface area (Å²) in [5.74, 6) is -0.671. The van der Waals surface area contributed by atoms with Crippen molar-refractivity contribution in [3.63, 3.8) is 0 Å². The Bertz CT molecular complexity index is 1190. The van der Waals surface area contributed by atoms with Gasteiger partial charge < -0.3 is 15.0 Å². The van der Waals surface area contributed by atoms with Crippen molar-refractivity contribution < 1.29 is 19.2 Å². The van der Waals surface area contributed by atoms with E-state index in [2.05, 4.69) is 16.4 Å². The van der Waals surface area contributed by atoms with E-state index in [1.165, 1.54) is 30.9 Å². The van der Waals surface area contributed by atoms with Crippen molar-refractivity contribution in [2.45, 2.75) is 25.8 Å². The van der Waals surface area contributed by atoms with Crippen molar-refractivity contribution >= 4 is 34.1 Å². The van der Waals surface area contributed by atoms with E-state index in [-0.39, 0.29) is 29.5 Å². The summed E-state index contributed by atoms with van der Waals surface area (Å²) in [6, 6.07) is 9.37. The maximum absolute atomic E-state index is 12.9. The number of imide groups is 1. The number of H-pyrrole nitrogens is 1. The first-order valence-corrected chi connectivity index (χ1v) is 9.88. The van der Waals surface area contributed by atoms with Crippen molar-refractivity contribution in [2.24, 2.45) is 0 Å². The normalized spacial score (nSPS) is 16.3. The number of hydrogen-bond donors (Lipinski definition) is 2. The van der Waals surface area contributed by atoms with Crippen molar-refractivity contribution in [2.75, 3.05) is 18.6 Å². The molecule has 2 amide bonds. The average molecular weight is 422 g/mol. The monoisotopic (exact) mass is 422 g/mol. The van der Waals surface area contributed by atoms with Crippen LogP contribution in [0.4, 0.5) is 11.4 Å². The first-order chi connectivity index (χ1) is 14.9. The molecule has 2 aromatic carbocycles. The Hall–Kier alpha value is -3.72. The Morgan fingerprint density at radius 2 is 2.06 bits per heavy atom. The van der Waals surface area contributed by atoms with Crippen LogP contribution >= 0.6 is 0 Å². The highest BCUT2D eigenvalue weighted by molar-refractivity contribution is 6.23. The lowest BCUT2D eigenvalue weighted by Gasteiger charge is -2.18. The molecule has 4 rings (SSSR count). The molecule has 0 spiro atoms. The zero-order valence-corrected chi connectivity index (χ0v) is 17.2. The van der Waals surface area contributed by atoms with Gasteiger partial charge in [0.1, 0.15) is 5.75 Å². The first kappa shape index (κ1) is 20.5. The van der Waals surface area contributed by atoms with E-state index >= 15 is 0 Å². The number of aromatic nitrogens is 1. The quantitative estimate of drug-likeness (QED) is 0.343. The molecule has 1 atom stereocenters. The van der Waals surface area contributed by atoms with E-state index in [0.29, 0.717) is 13.0 Å². The molecule has 9 nitrogen and oxygen atoms in total. The number of carbonyl (C=O) groups is 2. The van der Waals surface area contributed by atoms with E-state index < -0.39 is 16.9 Å². The molecule has 1 aromatic heterocycles. The number of benzene rings is 2. The predicted octanol–water partition coefficient (Wildman–Crippen LogP) is 2.86. The molecule has 0 saturated carbocycles. The Labute approximate surface area is 178 Å². The van der Waals surface area contributed by atoms with E-state index in [1.807, 2.05) is 25.3 Å². The standard InChI is InChI=1S/C22H22N4O5/c1-13-3-5-17-16(9-13)14(12-24-17)7-8-23-18-11-21(27)25(22(18)28)19-6-4-15(26(29)30)10-20(19)31-2/h3-6,9-10,12,18,23-24H,7-8,11H2,1-2H3. The molecule has 31 heavy (non-hydrogen) atoms. The minimum absolute atomic E-state index is 0.0198. The van der Waals surface area contributed by atoms with Crippen LogP contribution < -0.4 is 15.0 Å². The lowest BCUT2D eigenvalue weighted by atomic mass is 10.1. The van der Waals surface area contributed by atoms with Gasteiger partial charge in [0.25, 0.3) is 11.6 Å². The van der Waals surface area contributed by atoms with Gasteiger partial charge >= 0.3 is 0 Å². The summed E-state index contributed by atoms with van der Waals surface area (Å²) in [4.78, 5) is 40.2. The average Bonchev–Trinajstić information content (AvgIpc) is 3.27. The van der Waals surface area contributed by atoms with Crippen molar-refractivity contribution in [1.29, 1.82) is 0 Å². The van der Waals surface area contributed by atoms with Crippen molar-refractivity contribution in [1.82, 2.24) is 10.3 Å². The summed E-state index contributed by atoms with van der Waals surface area (Å²) in [7, 11) is 1.34. The van der Waals surface area contributed by atoms with Crippen LogP contribution in [0.15, 0.2) is 42.6 Å². The number of hydrogen-bond acceptors (Lipinski definition) is 6. The minimum Gasteiger partial charge on any atom is -0.494 e. The zero-order chi connectivity index (χ0) is 22.1. The Balaban J connectivity index is 1.46. The molecule has 1 aliphatic rings. The minimum atomic E-state index is -0.653. The number of methoxy groups -OCH3 is 1. The number of aromatic amines is 1. The molecule has 160 valence electrons. The fraction of sp³-hybridized carbons (Fsp3) is 0.273. The molecule has 2 N–H and O–H groups in total. The van der Waals surface area contributed by atoms with Crippen LogP contribution in [-0.4, -0.2) is 41.4 Å². The summed E-state index contributed by atoms with van der Waals surface area (Å²) < 4.78 is 5.19. The molecule has 0 radical (unpaired) electrons. The number of amides is 2. The summed E-state index contributed by atoms with van der Waals surface area (Å²) >= 11 is 0. The molecule has 2 heterocycles. The third-order valence-electron chi connectivity index (χ3n) is 5.47. The number of aryl methyl sites for hydroxylation is 1. The number of carbonyl (C=O) groups excluding carboxylic acids is 2. The highest BCUT2D eigenvalue weighted by Crippen LogP contribution is 2.35. The maximum atomic E-state index is 12.9. The number of non-ortho nitro benzene ring substituents is 1. The SMILES string of the molecule is COc1cc([N+](=O)[O-])ccc1N1C(=O)CC(NCCc2c[nH]c3ccc(C)cc23)C1=O. The number of rotatable bonds is 7. The predicted molar refractivity (Wildman–Crippen MR) is 115 cm³/mol. The van der Waals surface area contributed by atoms with Gasteiger partial charge in [-0.25, -0.2) is 4.90 Å². The molecule has 1 fully saturated rings. The highest BCUT2D eigenvalue weighted by Gasteiger charge is 2.40. The Morgan fingerprint density at radius 1 is 1.26 bits per heavy atom. The lowest BCUT2D eigenvalue weighted by molar-refractivity contribution is -0.384. The number of nitrogens with zero attached hydrogens (tertiary/aromatic N) is 2. The molecule has 0 bridgehead atoms. The third-order valence-corrected chi connectivity index (χ3v) is 5.47. The van der Waals surface area contributed by atoms with Crippen LogP contribution in [0.1, 0.15) is 17.5 Å². The van der Waals surface area contributed by atoms with Crippen LogP contribution in [-0.2, 0) is 16.0 Å². The molecular formula is C22H22N4O5. The van der Waals surface area contributed by atoms with E-state index in [1.54, 1.807) is 0 Å². The molecular weight excluding hydrogens is 400 g/mol. The largest absolute Gasteiger partial charge is 0.494 e. The van der Waals surface area contributed by atoms with E-state index in [0.717, 1.165) is 21.4 Å². The topological polar surface area (TPSA) is 118 Å². The first-order valence-electron chi connectivity index (χ1n) is 9.88. The van der Waals surface area contributed by atoms with Gasteiger partial charge in [-0.3, -0.25) is 19.7 Å². The van der Waals surface area contributed by atoms with Gasteiger partial charge in [-0.05, 0) is 37.1 Å². The second-order valence-corrected chi connectivity index (χ2v) is 7.50. The second-order valence-electron chi connectivity index (χ2n) is 7.50. The fourth-order valence-electron chi connectivity index (χ4n) is 3.89. The van der Waals surface area contributed by atoms with Gasteiger partial charge in [0.15, 0.2) is 0 Å². The Kier molecular flexibility index (Phi) is 5.43. The van der Waals surface area contributed by atoms with Gasteiger partial charge in [-0.2, -0.15) is 0 Å². The van der Waals surface area contributed by atoms with Crippen LogP contribution in [0.5, 0.6) is 5.75 Å². The number of anilines is 1. The maximum Gasteiger partial charge on any atom is 0.273 e. The van der Waals surface area contributed by atoms with Crippen LogP contribution in [0.2, 0.25) is 0 Å². The van der Waals surface area contributed by atoms with Gasteiger partial charge in [-0.1, -0.05) is 11.6 Å². The van der Waals surface area contributed by atoms with Gasteiger partial charge in [0.2, 0.25) is 5.91 Å². The summed E-state index contributed by atoms with van der Waals surface area (Å²) in [6.45, 7) is 2.56. The molecule has 1 unspecified atom stereocenters. The number of ether oxygens (including phenoxy) is 1. The zero-order valence-electron chi connectivity index (χ0n) is 17.2. The number of nitro benzene ring substituents is 1.